The first-order valence-corrected chi connectivity index (χ1v) is 8.88. The second-order valence-electron chi connectivity index (χ2n) is 5.27. The van der Waals surface area contributed by atoms with Crippen LogP contribution in [0.25, 0.3) is 0 Å². The maximum Gasteiger partial charge on any atom is 0.330 e. The van der Waals surface area contributed by atoms with Gasteiger partial charge in [-0.1, -0.05) is 30.4 Å². The van der Waals surface area contributed by atoms with Crippen LogP contribution in [0.1, 0.15) is 4.88 Å². The molecule has 2 aromatic rings. The van der Waals surface area contributed by atoms with Crippen LogP contribution in [0.4, 0.5) is 10.5 Å². The van der Waals surface area contributed by atoms with Gasteiger partial charge in [0.05, 0.1) is 4.88 Å². The van der Waals surface area contributed by atoms with Gasteiger partial charge in [-0.15, -0.1) is 11.3 Å². The van der Waals surface area contributed by atoms with Gasteiger partial charge in [-0.25, -0.2) is 4.79 Å². The molecule has 1 aliphatic rings. The number of phenols is 1. The van der Waals surface area contributed by atoms with Crippen molar-refractivity contribution in [2.45, 2.75) is 0 Å². The van der Waals surface area contributed by atoms with E-state index in [0.717, 1.165) is 4.88 Å². The molecule has 0 fully saturated rings. The smallest absolute Gasteiger partial charge is 0.330 e. The van der Waals surface area contributed by atoms with Crippen LogP contribution in [0.2, 0.25) is 0 Å². The number of phenolic OH excluding ortho intramolecular Hbond substituents is 1. The Labute approximate surface area is 181 Å². The van der Waals surface area contributed by atoms with Crippen molar-refractivity contribution in [3.8, 4) is 5.75 Å². The Bertz CT molecular complexity index is 953. The van der Waals surface area contributed by atoms with Crippen LogP contribution in [0.5, 0.6) is 5.75 Å². The first kappa shape index (κ1) is 23.7. The van der Waals surface area contributed by atoms with E-state index in [0.29, 0.717) is 10.3 Å². The summed E-state index contributed by atoms with van der Waals surface area (Å²) in [6.07, 6.45) is 9.23. The molecule has 0 saturated heterocycles. The molecule has 0 unspecified atom stereocenters. The molecule has 0 saturated carbocycles. The van der Waals surface area contributed by atoms with Gasteiger partial charge in [0.2, 0.25) is 0 Å². The number of primary amides is 1. The molecule has 0 aliphatic heterocycles. The molecule has 29 heavy (non-hydrogen) atoms. The van der Waals surface area contributed by atoms with Crippen LogP contribution in [-0.4, -0.2) is 27.9 Å². The number of thiophene rings is 1. The topological polar surface area (TPSA) is 131 Å². The number of hydrogen-bond acceptors (Lipinski definition) is 6. The zero-order valence-corrected chi connectivity index (χ0v) is 16.7. The third-order valence-electron chi connectivity index (χ3n) is 3.25. The number of aromatic hydroxyl groups is 1. The van der Waals surface area contributed by atoms with Gasteiger partial charge in [0, 0.05) is 34.9 Å². The molecule has 1 aliphatic carbocycles. The van der Waals surface area contributed by atoms with E-state index >= 15 is 0 Å². The molecule has 3 rings (SSSR count). The van der Waals surface area contributed by atoms with Gasteiger partial charge in [-0.3, -0.25) is 10.2 Å². The molecule has 10 heteroatoms. The molecule has 8 nitrogen and oxygen atoms in total. The maximum absolute atomic E-state index is 11.6. The number of para-hydroxylation sites is 2. The minimum absolute atomic E-state index is 0. The van der Waals surface area contributed by atoms with Gasteiger partial charge in [0.15, 0.2) is 17.7 Å². The average Bonchev–Trinajstić information content (AvgIpc) is 3.17. The second kappa shape index (κ2) is 12.2. The number of nitrogens with one attached hydrogen (secondary N) is 2. The van der Waals surface area contributed by atoms with E-state index in [1.54, 1.807) is 36.4 Å². The first-order chi connectivity index (χ1) is 13.5. The van der Waals surface area contributed by atoms with E-state index in [1.807, 2.05) is 17.5 Å². The molecule has 0 atom stereocenters. The van der Waals surface area contributed by atoms with Crippen molar-refractivity contribution in [2.75, 3.05) is 0 Å². The Kier molecular flexibility index (Phi) is 9.97. The number of rotatable bonds is 4. The Hall–Kier alpha value is -3.33. The number of amides is 2. The van der Waals surface area contributed by atoms with E-state index < -0.39 is 6.03 Å². The Morgan fingerprint density at radius 1 is 1.17 bits per heavy atom. The van der Waals surface area contributed by atoms with E-state index in [1.165, 1.54) is 35.9 Å². The number of urea groups is 1. The van der Waals surface area contributed by atoms with Crippen molar-refractivity contribution < 1.29 is 36.5 Å². The summed E-state index contributed by atoms with van der Waals surface area (Å²) in [5.41, 5.74) is 10.0. The third kappa shape index (κ3) is 8.06. The first-order valence-electron chi connectivity index (χ1n) is 8.00. The summed E-state index contributed by atoms with van der Waals surface area (Å²) in [4.78, 5) is 22.2. The number of ketones is 1. The number of hydrogen-bond donors (Lipinski definition) is 4. The molecule has 1 aromatic heterocycles. The molecular weight excluding hydrogens is 444 g/mol. The van der Waals surface area contributed by atoms with Crippen molar-refractivity contribution in [1.82, 2.24) is 10.9 Å². The molecule has 1 heterocycles. The average molecular weight is 462 g/mol. The van der Waals surface area contributed by atoms with E-state index in [9.17, 15) is 19.9 Å². The summed E-state index contributed by atoms with van der Waals surface area (Å²) in [6.45, 7) is 0. The summed E-state index contributed by atoms with van der Waals surface area (Å²) in [7, 11) is 0. The number of nitrogens with zero attached hydrogens (tertiary/aromatic N) is 1. The summed E-state index contributed by atoms with van der Waals surface area (Å²) in [5.74, 6) is -0.137. The van der Waals surface area contributed by atoms with Gasteiger partial charge in [0.25, 0.3) is 5.69 Å². The molecule has 0 spiro atoms. The third-order valence-corrected chi connectivity index (χ3v) is 4.06. The SMILES string of the molecule is NC(=O)NN/C=C1\C=CC=CC1=O.[Cu].[O-]/[N+](=C\c1cccs1)c1ccccc1O. The van der Waals surface area contributed by atoms with Gasteiger partial charge in [0.1, 0.15) is 0 Å². The van der Waals surface area contributed by atoms with E-state index in [2.05, 4.69) is 10.9 Å². The van der Waals surface area contributed by atoms with E-state index in [4.69, 9.17) is 5.73 Å². The molecule has 155 valence electrons. The quantitative estimate of drug-likeness (QED) is 0.139. The summed E-state index contributed by atoms with van der Waals surface area (Å²) in [5, 5.41) is 23.0. The number of benzene rings is 1. The molecule has 0 bridgehead atoms. The Balaban J connectivity index is 0.000000284. The number of allylic oxidation sites excluding steroid dienone is 5. The van der Waals surface area contributed by atoms with Gasteiger partial charge < -0.3 is 21.5 Å². The molecular formula is C19H18CuN4O4S. The normalized spacial score (nSPS) is 13.9. The fourth-order valence-electron chi connectivity index (χ4n) is 1.99. The standard InChI is InChI=1S/C11H9NO2S.C8H9N3O2.Cu/c13-11-6-2-1-5-10(11)12(14)8-9-4-3-7-15-9;9-8(13)11-10-5-6-3-1-2-4-7(6)12;/h1-8,13H;1-5,10H,(H3,9,11,13);/b12-8-;6-5+;. The van der Waals surface area contributed by atoms with Crippen molar-refractivity contribution in [2.24, 2.45) is 5.73 Å². The number of hydrazine groups is 1. The summed E-state index contributed by atoms with van der Waals surface area (Å²) in [6, 6.07) is 9.46. The fraction of sp³-hybridized carbons (Fsp3) is 0. The largest absolute Gasteiger partial charge is 0.618 e. The summed E-state index contributed by atoms with van der Waals surface area (Å²) >= 11 is 1.47. The predicted molar refractivity (Wildman–Crippen MR) is 108 cm³/mol. The van der Waals surface area contributed by atoms with Gasteiger partial charge >= 0.3 is 6.03 Å². The van der Waals surface area contributed by atoms with Gasteiger partial charge in [-0.05, 0) is 29.7 Å². The Morgan fingerprint density at radius 3 is 2.52 bits per heavy atom. The molecule has 1 aromatic carbocycles. The van der Waals surface area contributed by atoms with Gasteiger partial charge in [-0.2, -0.15) is 4.74 Å². The fourth-order valence-corrected chi connectivity index (χ4v) is 2.61. The van der Waals surface area contributed by atoms with Crippen LogP contribution < -0.4 is 16.6 Å². The molecule has 1 radical (unpaired) electrons. The number of nitrogens with two attached hydrogens (primary N) is 1. The zero-order chi connectivity index (χ0) is 20.4. The number of carbonyl (C=O) groups excluding carboxylic acids is 2. The van der Waals surface area contributed by atoms with Crippen LogP contribution in [0, 0.1) is 5.21 Å². The van der Waals surface area contributed by atoms with Crippen molar-refractivity contribution >= 4 is 35.1 Å². The molecule has 5 N–H and O–H groups in total. The minimum Gasteiger partial charge on any atom is -0.618 e. The van der Waals surface area contributed by atoms with E-state index in [-0.39, 0.29) is 34.3 Å². The van der Waals surface area contributed by atoms with Crippen LogP contribution in [0.3, 0.4) is 0 Å². The van der Waals surface area contributed by atoms with Crippen LogP contribution in [0.15, 0.2) is 77.9 Å². The van der Waals surface area contributed by atoms with Crippen molar-refractivity contribution in [3.63, 3.8) is 0 Å². The monoisotopic (exact) mass is 461 g/mol. The minimum atomic E-state index is -0.709. The predicted octanol–water partition coefficient (Wildman–Crippen LogP) is 2.45. The zero-order valence-electron chi connectivity index (χ0n) is 14.9. The second-order valence-corrected chi connectivity index (χ2v) is 6.25. The van der Waals surface area contributed by atoms with Crippen molar-refractivity contribution in [3.05, 3.63) is 87.9 Å². The maximum atomic E-state index is 11.6. The van der Waals surface area contributed by atoms with Crippen molar-refractivity contribution in [1.29, 1.82) is 0 Å². The van der Waals surface area contributed by atoms with Crippen LogP contribution in [-0.2, 0) is 21.9 Å². The molecule has 2 amide bonds. The summed E-state index contributed by atoms with van der Waals surface area (Å²) < 4.78 is 0.668. The van der Waals surface area contributed by atoms with Crippen LogP contribution >= 0.6 is 11.3 Å². The number of carbonyl (C=O) groups is 2. The Morgan fingerprint density at radius 2 is 1.90 bits per heavy atom.